The summed E-state index contributed by atoms with van der Waals surface area (Å²) in [6.45, 7) is 3.78. The maximum Gasteiger partial charge on any atom is 0.177 e. The summed E-state index contributed by atoms with van der Waals surface area (Å²) in [5.74, 6) is 1.43. The Labute approximate surface area is 157 Å². The molecular formula is C20H19N7. The Hall–Kier alpha value is -3.58. The third-order valence-electron chi connectivity index (χ3n) is 4.66. The van der Waals surface area contributed by atoms with Crippen LogP contribution in [0.4, 0.5) is 17.3 Å². The fourth-order valence-electron chi connectivity index (χ4n) is 2.84. The van der Waals surface area contributed by atoms with Gasteiger partial charge in [-0.05, 0) is 44.4 Å². The van der Waals surface area contributed by atoms with E-state index in [0.29, 0.717) is 23.1 Å². The molecule has 0 spiro atoms. The van der Waals surface area contributed by atoms with Crippen LogP contribution in [0.1, 0.15) is 37.8 Å². The Morgan fingerprint density at radius 1 is 1.22 bits per heavy atom. The molecule has 1 aliphatic carbocycles. The van der Waals surface area contributed by atoms with Gasteiger partial charge < -0.3 is 10.6 Å². The summed E-state index contributed by atoms with van der Waals surface area (Å²) >= 11 is 0. The van der Waals surface area contributed by atoms with E-state index in [1.54, 1.807) is 4.52 Å². The van der Waals surface area contributed by atoms with Gasteiger partial charge in [0.25, 0.3) is 0 Å². The average molecular weight is 357 g/mol. The van der Waals surface area contributed by atoms with Crippen molar-refractivity contribution in [2.24, 2.45) is 0 Å². The molecule has 0 amide bonds. The van der Waals surface area contributed by atoms with Crippen LogP contribution in [0.5, 0.6) is 0 Å². The molecule has 0 radical (unpaired) electrons. The van der Waals surface area contributed by atoms with E-state index in [4.69, 9.17) is 0 Å². The Morgan fingerprint density at radius 2 is 2.04 bits per heavy atom. The van der Waals surface area contributed by atoms with Gasteiger partial charge in [-0.3, -0.25) is 0 Å². The minimum atomic E-state index is -0.576. The molecule has 2 heterocycles. The first-order valence-electron chi connectivity index (χ1n) is 8.84. The molecule has 0 saturated heterocycles. The van der Waals surface area contributed by atoms with E-state index in [-0.39, 0.29) is 0 Å². The van der Waals surface area contributed by atoms with E-state index in [2.05, 4.69) is 32.9 Å². The summed E-state index contributed by atoms with van der Waals surface area (Å²) in [5, 5.41) is 29.7. The molecule has 1 aromatic carbocycles. The Balaban J connectivity index is 1.73. The van der Waals surface area contributed by atoms with E-state index in [1.807, 2.05) is 44.2 Å². The molecule has 1 aliphatic rings. The lowest BCUT2D eigenvalue weighted by Gasteiger charge is -2.17. The first-order valence-corrected chi connectivity index (χ1v) is 8.84. The van der Waals surface area contributed by atoms with Gasteiger partial charge in [0.15, 0.2) is 5.65 Å². The standard InChI is InChI=1S/C20H19N7/c1-20(2,12-22)14-4-3-5-16(8-14)24-17-9-18(25-15-6-7-15)27-19(26-17)13(10-21)11-23-27/h3-5,8-9,11,15,25H,6-7H2,1-2H3,(H,24,26). The zero-order chi connectivity index (χ0) is 19.0. The first-order chi connectivity index (χ1) is 13.0. The minimum Gasteiger partial charge on any atom is -0.367 e. The maximum atomic E-state index is 9.38. The molecule has 27 heavy (non-hydrogen) atoms. The van der Waals surface area contributed by atoms with Gasteiger partial charge in [0, 0.05) is 17.8 Å². The molecule has 1 fully saturated rings. The van der Waals surface area contributed by atoms with Crippen LogP contribution < -0.4 is 10.6 Å². The van der Waals surface area contributed by atoms with Crippen molar-refractivity contribution in [3.8, 4) is 12.1 Å². The van der Waals surface area contributed by atoms with Crippen LogP contribution in [0.25, 0.3) is 5.65 Å². The van der Waals surface area contributed by atoms with Crippen LogP contribution in [-0.2, 0) is 5.41 Å². The maximum absolute atomic E-state index is 9.38. The van der Waals surface area contributed by atoms with E-state index < -0.39 is 5.41 Å². The number of nitrogens with one attached hydrogen (secondary N) is 2. The van der Waals surface area contributed by atoms with E-state index in [9.17, 15) is 10.5 Å². The number of benzene rings is 1. The third-order valence-corrected chi connectivity index (χ3v) is 4.66. The minimum absolute atomic E-state index is 0.428. The summed E-state index contributed by atoms with van der Waals surface area (Å²) in [4.78, 5) is 4.56. The number of rotatable bonds is 5. The van der Waals surface area contributed by atoms with E-state index in [0.717, 1.165) is 29.9 Å². The van der Waals surface area contributed by atoms with Gasteiger partial charge in [-0.25, -0.2) is 4.98 Å². The van der Waals surface area contributed by atoms with Crippen LogP contribution in [0.15, 0.2) is 36.5 Å². The quantitative estimate of drug-likeness (QED) is 0.721. The molecule has 2 N–H and O–H groups in total. The highest BCUT2D eigenvalue weighted by Crippen LogP contribution is 2.29. The average Bonchev–Trinajstić information content (AvgIpc) is 3.38. The van der Waals surface area contributed by atoms with Crippen molar-refractivity contribution in [3.63, 3.8) is 0 Å². The van der Waals surface area contributed by atoms with Crippen molar-refractivity contribution in [2.45, 2.75) is 38.1 Å². The predicted molar refractivity (Wildman–Crippen MR) is 103 cm³/mol. The number of fused-ring (bicyclic) bond motifs is 1. The summed E-state index contributed by atoms with van der Waals surface area (Å²) in [7, 11) is 0. The molecule has 0 bridgehead atoms. The highest BCUT2D eigenvalue weighted by Gasteiger charge is 2.23. The lowest BCUT2D eigenvalue weighted by molar-refractivity contribution is 0.687. The molecule has 2 aromatic heterocycles. The summed E-state index contributed by atoms with van der Waals surface area (Å²) in [6, 6.07) is 14.5. The number of nitrogens with zero attached hydrogens (tertiary/aromatic N) is 5. The normalized spacial score (nSPS) is 13.8. The van der Waals surface area contributed by atoms with Crippen molar-refractivity contribution < 1.29 is 0 Å². The number of nitriles is 2. The Kier molecular flexibility index (Phi) is 3.93. The topological polar surface area (TPSA) is 102 Å². The van der Waals surface area contributed by atoms with Crippen molar-refractivity contribution in [1.82, 2.24) is 14.6 Å². The van der Waals surface area contributed by atoms with Crippen LogP contribution in [0.2, 0.25) is 0 Å². The fraction of sp³-hybridized carbons (Fsp3) is 0.300. The fourth-order valence-corrected chi connectivity index (χ4v) is 2.84. The van der Waals surface area contributed by atoms with E-state index >= 15 is 0 Å². The van der Waals surface area contributed by atoms with Crippen molar-refractivity contribution in [1.29, 1.82) is 10.5 Å². The van der Waals surface area contributed by atoms with Crippen molar-refractivity contribution in [3.05, 3.63) is 47.7 Å². The monoisotopic (exact) mass is 357 g/mol. The highest BCUT2D eigenvalue weighted by molar-refractivity contribution is 5.67. The Bertz CT molecular complexity index is 1090. The molecule has 134 valence electrons. The largest absolute Gasteiger partial charge is 0.367 e. The molecular weight excluding hydrogens is 338 g/mol. The molecule has 4 rings (SSSR count). The van der Waals surface area contributed by atoms with Gasteiger partial charge in [-0.2, -0.15) is 20.1 Å². The van der Waals surface area contributed by atoms with Gasteiger partial charge in [-0.1, -0.05) is 12.1 Å². The lowest BCUT2D eigenvalue weighted by atomic mass is 9.86. The molecule has 7 nitrogen and oxygen atoms in total. The Morgan fingerprint density at radius 3 is 2.74 bits per heavy atom. The molecule has 7 heteroatoms. The molecule has 1 saturated carbocycles. The van der Waals surface area contributed by atoms with Gasteiger partial charge in [-0.15, -0.1) is 0 Å². The second-order valence-corrected chi connectivity index (χ2v) is 7.29. The number of anilines is 3. The number of aromatic nitrogens is 3. The highest BCUT2D eigenvalue weighted by atomic mass is 15.3. The van der Waals surface area contributed by atoms with Gasteiger partial charge in [0.05, 0.1) is 17.7 Å². The van der Waals surface area contributed by atoms with Gasteiger partial charge in [0.1, 0.15) is 23.3 Å². The predicted octanol–water partition coefficient (Wildman–Crippen LogP) is 3.72. The molecule has 0 unspecified atom stereocenters. The van der Waals surface area contributed by atoms with Crippen LogP contribution in [0, 0.1) is 22.7 Å². The molecule has 0 atom stereocenters. The number of hydrogen-bond donors (Lipinski definition) is 2. The first kappa shape index (κ1) is 16.9. The second kappa shape index (κ2) is 6.30. The molecule has 3 aromatic rings. The lowest BCUT2D eigenvalue weighted by Crippen LogP contribution is -2.14. The van der Waals surface area contributed by atoms with E-state index in [1.165, 1.54) is 6.20 Å². The van der Waals surface area contributed by atoms with Crippen LogP contribution >= 0.6 is 0 Å². The smallest absolute Gasteiger partial charge is 0.177 e. The number of hydrogen-bond acceptors (Lipinski definition) is 6. The summed E-state index contributed by atoms with van der Waals surface area (Å²) in [6.07, 6.45) is 3.79. The van der Waals surface area contributed by atoms with Crippen molar-refractivity contribution in [2.75, 3.05) is 10.6 Å². The van der Waals surface area contributed by atoms with Crippen LogP contribution in [-0.4, -0.2) is 20.6 Å². The zero-order valence-electron chi connectivity index (χ0n) is 15.2. The SMILES string of the molecule is CC(C)(C#N)c1cccc(Nc2cc(NC3CC3)n3ncc(C#N)c3n2)c1. The second-order valence-electron chi connectivity index (χ2n) is 7.29. The summed E-state index contributed by atoms with van der Waals surface area (Å²) < 4.78 is 1.66. The van der Waals surface area contributed by atoms with Crippen molar-refractivity contribution >= 4 is 23.0 Å². The third kappa shape index (κ3) is 3.28. The van der Waals surface area contributed by atoms with Gasteiger partial charge >= 0.3 is 0 Å². The molecule has 0 aliphatic heterocycles. The summed E-state index contributed by atoms with van der Waals surface area (Å²) in [5.41, 5.74) is 2.13. The van der Waals surface area contributed by atoms with Gasteiger partial charge in [0.2, 0.25) is 0 Å². The zero-order valence-corrected chi connectivity index (χ0v) is 15.2. The van der Waals surface area contributed by atoms with Crippen LogP contribution in [0.3, 0.4) is 0 Å².